The van der Waals surface area contributed by atoms with Gasteiger partial charge in [0.15, 0.2) is 0 Å². The van der Waals surface area contributed by atoms with E-state index >= 15 is 0 Å². The van der Waals surface area contributed by atoms with Gasteiger partial charge >= 0.3 is 0 Å². The lowest BCUT2D eigenvalue weighted by Crippen LogP contribution is -2.48. The normalized spacial score (nSPS) is 23.2. The maximum Gasteiger partial charge on any atom is 0.226 e. The minimum absolute atomic E-state index is 0.280. The van der Waals surface area contributed by atoms with Crippen LogP contribution in [0.25, 0.3) is 0 Å². The predicted octanol–water partition coefficient (Wildman–Crippen LogP) is 4.08. The highest BCUT2D eigenvalue weighted by molar-refractivity contribution is 6.30. The molecule has 0 bridgehead atoms. The van der Waals surface area contributed by atoms with Gasteiger partial charge in [-0.3, -0.25) is 4.90 Å². The summed E-state index contributed by atoms with van der Waals surface area (Å²) in [6.45, 7) is 11.3. The van der Waals surface area contributed by atoms with E-state index in [1.807, 2.05) is 37.3 Å². The quantitative estimate of drug-likeness (QED) is 0.487. The zero-order valence-electron chi connectivity index (χ0n) is 20.4. The van der Waals surface area contributed by atoms with Gasteiger partial charge in [0, 0.05) is 48.5 Å². The van der Waals surface area contributed by atoms with E-state index in [-0.39, 0.29) is 6.61 Å². The van der Waals surface area contributed by atoms with E-state index in [1.54, 1.807) is 17.2 Å². The topological polar surface area (TPSA) is 64.9 Å². The van der Waals surface area contributed by atoms with Crippen molar-refractivity contribution in [3.8, 4) is 5.75 Å². The molecule has 8 nitrogen and oxygen atoms in total. The van der Waals surface area contributed by atoms with Crippen LogP contribution in [0.3, 0.4) is 0 Å². The monoisotopic (exact) mass is 497 g/mol. The summed E-state index contributed by atoms with van der Waals surface area (Å²) >= 11 is 6.20. The first-order valence-corrected chi connectivity index (χ1v) is 12.5. The van der Waals surface area contributed by atoms with Crippen molar-refractivity contribution < 1.29 is 14.2 Å². The first-order chi connectivity index (χ1) is 16.9. The number of benzene rings is 2. The molecule has 0 spiro atoms. The summed E-state index contributed by atoms with van der Waals surface area (Å²) < 4.78 is 18.8. The highest BCUT2D eigenvalue weighted by Gasteiger charge is 2.46. The molecule has 9 heteroatoms. The third-order valence-electron chi connectivity index (χ3n) is 6.70. The summed E-state index contributed by atoms with van der Waals surface area (Å²) in [5.74, 6) is -0.335. The van der Waals surface area contributed by atoms with Crippen molar-refractivity contribution in [2.75, 3.05) is 37.7 Å². The highest BCUT2D eigenvalue weighted by atomic mass is 35.5. The molecule has 5 rings (SSSR count). The fraction of sp³-hybridized carbons (Fsp3) is 0.462. The summed E-state index contributed by atoms with van der Waals surface area (Å²) in [4.78, 5) is 6.49. The van der Waals surface area contributed by atoms with Crippen LogP contribution in [0, 0.1) is 6.92 Å². The van der Waals surface area contributed by atoms with Gasteiger partial charge in [-0.1, -0.05) is 17.7 Å². The van der Waals surface area contributed by atoms with Gasteiger partial charge < -0.3 is 19.1 Å². The highest BCUT2D eigenvalue weighted by Crippen LogP contribution is 2.39. The molecule has 1 aromatic heterocycles. The first-order valence-electron chi connectivity index (χ1n) is 12.1. The lowest BCUT2D eigenvalue weighted by molar-refractivity contribution is -0.212. The number of halogens is 1. The molecule has 2 unspecified atom stereocenters. The lowest BCUT2D eigenvalue weighted by atomic mass is 10.00. The second kappa shape index (κ2) is 10.1. The van der Waals surface area contributed by atoms with E-state index in [2.05, 4.69) is 46.0 Å². The predicted molar refractivity (Wildman–Crippen MR) is 135 cm³/mol. The molecule has 0 amide bonds. The van der Waals surface area contributed by atoms with Crippen LogP contribution in [-0.4, -0.2) is 65.0 Å². The Hall–Kier alpha value is -2.65. The van der Waals surface area contributed by atoms with E-state index < -0.39 is 12.1 Å². The van der Waals surface area contributed by atoms with Crippen LogP contribution in [0.1, 0.15) is 25.0 Å². The van der Waals surface area contributed by atoms with Crippen molar-refractivity contribution in [1.29, 1.82) is 0 Å². The second-order valence-electron chi connectivity index (χ2n) is 9.36. The molecule has 3 aromatic rings. The van der Waals surface area contributed by atoms with Gasteiger partial charge in [0.2, 0.25) is 12.1 Å². The van der Waals surface area contributed by atoms with Crippen LogP contribution in [0.2, 0.25) is 5.02 Å². The number of aryl methyl sites for hydroxylation is 1. The number of anilines is 1. The molecule has 2 saturated heterocycles. The number of rotatable bonds is 7. The molecular weight excluding hydrogens is 466 g/mol. The average Bonchev–Trinajstić information content (AvgIpc) is 3.50. The Bertz CT molecular complexity index is 1120. The zero-order chi connectivity index (χ0) is 24.4. The minimum Gasteiger partial charge on any atom is -0.462 e. The van der Waals surface area contributed by atoms with Crippen molar-refractivity contribution in [2.45, 2.75) is 45.4 Å². The number of nitrogens with zero attached hydrogens (tertiary/aromatic N) is 5. The molecule has 0 aliphatic carbocycles. The molecular formula is C26H32ClN5O3. The third-order valence-corrected chi connectivity index (χ3v) is 6.94. The van der Waals surface area contributed by atoms with Crippen LogP contribution in [0.4, 0.5) is 5.69 Å². The summed E-state index contributed by atoms with van der Waals surface area (Å²) in [5, 5.41) is 9.15. The number of hydrogen-bond acceptors (Lipinski definition) is 7. The molecule has 35 heavy (non-hydrogen) atoms. The Kier molecular flexibility index (Phi) is 6.98. The van der Waals surface area contributed by atoms with Crippen molar-refractivity contribution in [2.24, 2.45) is 0 Å². The molecule has 2 atom stereocenters. The van der Waals surface area contributed by atoms with E-state index in [1.165, 1.54) is 5.69 Å². The molecule has 2 aliphatic rings. The van der Waals surface area contributed by atoms with Crippen LogP contribution in [-0.2, 0) is 21.8 Å². The summed E-state index contributed by atoms with van der Waals surface area (Å²) in [5.41, 5.74) is 3.05. The van der Waals surface area contributed by atoms with Gasteiger partial charge in [-0.25, -0.2) is 0 Å². The number of hydrogen-bond donors (Lipinski definition) is 0. The summed E-state index contributed by atoms with van der Waals surface area (Å²) in [6, 6.07) is 14.5. The summed E-state index contributed by atoms with van der Waals surface area (Å²) in [7, 11) is 0. The lowest BCUT2D eigenvalue weighted by Gasteiger charge is -2.38. The molecule has 2 aromatic carbocycles. The van der Waals surface area contributed by atoms with Crippen molar-refractivity contribution in [3.63, 3.8) is 0 Å². The van der Waals surface area contributed by atoms with Crippen molar-refractivity contribution in [1.82, 2.24) is 19.9 Å². The average molecular weight is 498 g/mol. The molecule has 0 radical (unpaired) electrons. The fourth-order valence-corrected chi connectivity index (χ4v) is 5.03. The number of aromatic nitrogens is 3. The Morgan fingerprint density at radius 2 is 1.77 bits per heavy atom. The molecule has 0 saturated carbocycles. The third kappa shape index (κ3) is 5.30. The minimum atomic E-state index is -1.08. The van der Waals surface area contributed by atoms with Gasteiger partial charge in [-0.15, -0.1) is 0 Å². The van der Waals surface area contributed by atoms with E-state index in [9.17, 15) is 0 Å². The standard InChI is InChI=1S/C26H32ClN5O3/c1-19(2)30-12-14-31(15-13-30)22-5-7-23(8-6-22)34-25-17-33-26(35-25,18-32-28-10-11-29-32)24-9-4-21(27)16-20(24)3/h4-11,16,19,25H,12-15,17-18H2,1-3H3. The number of ether oxygens (including phenoxy) is 3. The van der Waals surface area contributed by atoms with Crippen LogP contribution in [0.15, 0.2) is 54.9 Å². The second-order valence-corrected chi connectivity index (χ2v) is 9.80. The van der Waals surface area contributed by atoms with Crippen molar-refractivity contribution in [3.05, 3.63) is 71.0 Å². The van der Waals surface area contributed by atoms with E-state index in [4.69, 9.17) is 25.8 Å². The zero-order valence-corrected chi connectivity index (χ0v) is 21.2. The molecule has 0 N–H and O–H groups in total. The summed E-state index contributed by atoms with van der Waals surface area (Å²) in [6.07, 6.45) is 2.70. The van der Waals surface area contributed by atoms with Crippen LogP contribution < -0.4 is 9.64 Å². The van der Waals surface area contributed by atoms with Gasteiger partial charge in [0.1, 0.15) is 18.9 Å². The van der Waals surface area contributed by atoms with Crippen LogP contribution >= 0.6 is 11.6 Å². The maximum atomic E-state index is 6.41. The Morgan fingerprint density at radius 3 is 2.43 bits per heavy atom. The Labute approximate surface area is 211 Å². The Morgan fingerprint density at radius 1 is 1.06 bits per heavy atom. The largest absolute Gasteiger partial charge is 0.462 e. The van der Waals surface area contributed by atoms with Crippen molar-refractivity contribution >= 4 is 17.3 Å². The maximum absolute atomic E-state index is 6.41. The van der Waals surface area contributed by atoms with Gasteiger partial charge in [0.25, 0.3) is 0 Å². The molecule has 2 aliphatic heterocycles. The van der Waals surface area contributed by atoms with Gasteiger partial charge in [0.05, 0.1) is 12.4 Å². The van der Waals surface area contributed by atoms with Crippen LogP contribution in [0.5, 0.6) is 5.75 Å². The molecule has 186 valence electrons. The molecule has 3 heterocycles. The van der Waals surface area contributed by atoms with E-state index in [0.717, 1.165) is 43.1 Å². The SMILES string of the molecule is Cc1cc(Cl)ccc1C1(Cn2nccn2)OCC(Oc2ccc(N3CCN(C(C)C)CC3)cc2)O1. The van der Waals surface area contributed by atoms with Gasteiger partial charge in [-0.2, -0.15) is 15.0 Å². The smallest absolute Gasteiger partial charge is 0.226 e. The van der Waals surface area contributed by atoms with E-state index in [0.29, 0.717) is 17.6 Å². The fourth-order valence-electron chi connectivity index (χ4n) is 4.80. The van der Waals surface area contributed by atoms with Gasteiger partial charge in [-0.05, 0) is 62.7 Å². The molecule has 2 fully saturated rings. The Balaban J connectivity index is 1.27. The first kappa shape index (κ1) is 24.1. The number of piperazine rings is 1.